The highest BCUT2D eigenvalue weighted by Crippen LogP contribution is 2.26. The molecule has 2 unspecified atom stereocenters. The Labute approximate surface area is 177 Å². The van der Waals surface area contributed by atoms with Crippen molar-refractivity contribution in [1.29, 1.82) is 0 Å². The molecule has 1 aromatic rings. The average molecular weight is 495 g/mol. The molecule has 4 nitrogen and oxygen atoms in total. The Balaban J connectivity index is 0.00000225. The Kier molecular flexibility index (Phi) is 9.37. The Bertz CT molecular complexity index is 543. The van der Waals surface area contributed by atoms with Crippen LogP contribution in [0.15, 0.2) is 16.4 Å². The number of thioether (sulfide) groups is 1. The van der Waals surface area contributed by atoms with Crippen LogP contribution >= 0.6 is 47.1 Å². The minimum Gasteiger partial charge on any atom is -0.357 e. The van der Waals surface area contributed by atoms with Gasteiger partial charge in [0.1, 0.15) is 0 Å². The van der Waals surface area contributed by atoms with Crippen molar-refractivity contribution < 1.29 is 0 Å². The van der Waals surface area contributed by atoms with E-state index in [-0.39, 0.29) is 24.0 Å². The second-order valence-electron chi connectivity index (χ2n) is 6.67. The summed E-state index contributed by atoms with van der Waals surface area (Å²) in [5.41, 5.74) is 1.52. The molecule has 1 aromatic heterocycles. The highest BCUT2D eigenvalue weighted by Gasteiger charge is 2.21. The fourth-order valence-electron chi connectivity index (χ4n) is 3.34. The fourth-order valence-corrected chi connectivity index (χ4v) is 5.43. The molecular formula is C18H31IN4S2. The van der Waals surface area contributed by atoms with Gasteiger partial charge in [-0.05, 0) is 55.9 Å². The summed E-state index contributed by atoms with van der Waals surface area (Å²) < 4.78 is 0. The lowest BCUT2D eigenvalue weighted by molar-refractivity contribution is 0.197. The lowest BCUT2D eigenvalue weighted by Crippen LogP contribution is -2.42. The fraction of sp³-hybridized carbons (Fsp3) is 0.722. The number of aliphatic imine (C=N–C) groups is 1. The van der Waals surface area contributed by atoms with E-state index < -0.39 is 0 Å². The monoisotopic (exact) mass is 494 g/mol. The molecule has 3 rings (SSSR count). The first-order valence-electron chi connectivity index (χ1n) is 9.19. The minimum absolute atomic E-state index is 0. The van der Waals surface area contributed by atoms with Crippen LogP contribution in [0.4, 0.5) is 0 Å². The molecule has 0 radical (unpaired) electrons. The quantitative estimate of drug-likeness (QED) is 0.361. The van der Waals surface area contributed by atoms with Gasteiger partial charge in [-0.2, -0.15) is 11.8 Å². The minimum atomic E-state index is 0. The first-order valence-corrected chi connectivity index (χ1v) is 11.1. The molecule has 1 fully saturated rings. The van der Waals surface area contributed by atoms with Gasteiger partial charge in [-0.3, -0.25) is 9.89 Å². The van der Waals surface area contributed by atoms with Crippen molar-refractivity contribution in [3.8, 4) is 0 Å². The summed E-state index contributed by atoms with van der Waals surface area (Å²) in [5, 5.41) is 9.91. The zero-order chi connectivity index (χ0) is 16.8. The molecule has 2 N–H and O–H groups in total. The lowest BCUT2D eigenvalue weighted by atomic mass is 10.1. The van der Waals surface area contributed by atoms with Crippen molar-refractivity contribution in [3.63, 3.8) is 0 Å². The first-order chi connectivity index (χ1) is 11.8. The Morgan fingerprint density at radius 2 is 2.32 bits per heavy atom. The summed E-state index contributed by atoms with van der Waals surface area (Å²) in [6.45, 7) is 9.48. The maximum Gasteiger partial charge on any atom is 0.191 e. The van der Waals surface area contributed by atoms with Gasteiger partial charge in [-0.1, -0.05) is 0 Å². The van der Waals surface area contributed by atoms with Crippen molar-refractivity contribution in [2.75, 3.05) is 31.9 Å². The van der Waals surface area contributed by atoms with Gasteiger partial charge in [0.15, 0.2) is 5.96 Å². The zero-order valence-electron chi connectivity index (χ0n) is 15.3. The van der Waals surface area contributed by atoms with Gasteiger partial charge in [-0.25, -0.2) is 0 Å². The van der Waals surface area contributed by atoms with Crippen LogP contribution in [-0.2, 0) is 13.0 Å². The van der Waals surface area contributed by atoms with E-state index in [0.29, 0.717) is 6.04 Å². The largest absolute Gasteiger partial charge is 0.357 e. The van der Waals surface area contributed by atoms with E-state index in [1.165, 1.54) is 30.6 Å². The SMILES string of the molecule is CCNC(=NCC(C)N1CCc2sccc2C1)NCC1CCCS1.I. The average Bonchev–Trinajstić information content (AvgIpc) is 3.27. The third-order valence-corrected chi connectivity index (χ3v) is 7.26. The Morgan fingerprint density at radius 3 is 3.08 bits per heavy atom. The maximum absolute atomic E-state index is 4.84. The van der Waals surface area contributed by atoms with Crippen molar-refractivity contribution in [1.82, 2.24) is 15.5 Å². The number of nitrogens with zero attached hydrogens (tertiary/aromatic N) is 2. The van der Waals surface area contributed by atoms with Gasteiger partial charge in [-0.15, -0.1) is 35.3 Å². The van der Waals surface area contributed by atoms with Crippen LogP contribution in [0.5, 0.6) is 0 Å². The number of halogens is 1. The van der Waals surface area contributed by atoms with Crippen LogP contribution in [0.3, 0.4) is 0 Å². The zero-order valence-corrected chi connectivity index (χ0v) is 19.3. The van der Waals surface area contributed by atoms with Gasteiger partial charge < -0.3 is 10.6 Å². The van der Waals surface area contributed by atoms with Gasteiger partial charge in [0.25, 0.3) is 0 Å². The number of nitrogens with one attached hydrogen (secondary N) is 2. The van der Waals surface area contributed by atoms with Crippen LogP contribution in [-0.4, -0.2) is 54.1 Å². The molecule has 0 spiro atoms. The standard InChI is InChI=1S/C18H30N4S2.HI/c1-3-19-18(21-12-16-5-4-9-23-16)20-11-14(2)22-8-6-17-15(13-22)7-10-24-17;/h7,10,14,16H,3-6,8-9,11-13H2,1-2H3,(H2,19,20,21);1H. The molecule has 2 atom stereocenters. The first kappa shape index (κ1) is 21.3. The van der Waals surface area contributed by atoms with Crippen molar-refractivity contribution in [2.45, 2.75) is 50.9 Å². The smallest absolute Gasteiger partial charge is 0.191 e. The predicted molar refractivity (Wildman–Crippen MR) is 123 cm³/mol. The number of hydrogen-bond acceptors (Lipinski definition) is 4. The summed E-state index contributed by atoms with van der Waals surface area (Å²) in [5.74, 6) is 2.29. The lowest BCUT2D eigenvalue weighted by Gasteiger charge is -2.31. The van der Waals surface area contributed by atoms with Crippen LogP contribution in [0, 0.1) is 0 Å². The summed E-state index contributed by atoms with van der Waals surface area (Å²) in [6.07, 6.45) is 3.89. The number of fused-ring (bicyclic) bond motifs is 1. The molecule has 25 heavy (non-hydrogen) atoms. The number of thiophene rings is 1. The molecule has 142 valence electrons. The molecular weight excluding hydrogens is 463 g/mol. The van der Waals surface area contributed by atoms with Gasteiger partial charge in [0.05, 0.1) is 6.54 Å². The second kappa shape index (κ2) is 11.0. The summed E-state index contributed by atoms with van der Waals surface area (Å²) >= 11 is 4.00. The molecule has 2 aliphatic rings. The molecule has 0 aromatic carbocycles. The van der Waals surface area contributed by atoms with E-state index >= 15 is 0 Å². The predicted octanol–water partition coefficient (Wildman–Crippen LogP) is 3.56. The van der Waals surface area contributed by atoms with E-state index in [2.05, 4.69) is 52.6 Å². The Morgan fingerprint density at radius 1 is 1.44 bits per heavy atom. The third-order valence-electron chi connectivity index (χ3n) is 4.84. The number of rotatable bonds is 6. The number of hydrogen-bond donors (Lipinski definition) is 2. The summed E-state index contributed by atoms with van der Waals surface area (Å²) in [4.78, 5) is 8.98. The summed E-state index contributed by atoms with van der Waals surface area (Å²) in [6, 6.07) is 2.77. The molecule has 0 aliphatic carbocycles. The topological polar surface area (TPSA) is 39.7 Å². The van der Waals surface area contributed by atoms with E-state index in [4.69, 9.17) is 4.99 Å². The highest BCUT2D eigenvalue weighted by molar-refractivity contribution is 14.0. The van der Waals surface area contributed by atoms with E-state index in [1.54, 1.807) is 4.88 Å². The number of guanidine groups is 1. The Hall–Kier alpha value is 0.01000. The molecule has 3 heterocycles. The molecule has 7 heteroatoms. The van der Waals surface area contributed by atoms with Crippen molar-refractivity contribution in [2.24, 2.45) is 4.99 Å². The highest BCUT2D eigenvalue weighted by atomic mass is 127. The molecule has 1 saturated heterocycles. The molecule has 2 aliphatic heterocycles. The normalized spacial score (nSPS) is 22.2. The van der Waals surface area contributed by atoms with Crippen molar-refractivity contribution in [3.05, 3.63) is 21.9 Å². The molecule has 0 amide bonds. The summed E-state index contributed by atoms with van der Waals surface area (Å²) in [7, 11) is 0. The van der Waals surface area contributed by atoms with E-state index in [9.17, 15) is 0 Å². The van der Waals surface area contributed by atoms with Gasteiger partial charge in [0.2, 0.25) is 0 Å². The van der Waals surface area contributed by atoms with Crippen LogP contribution in [0.2, 0.25) is 0 Å². The third kappa shape index (κ3) is 6.29. The van der Waals surface area contributed by atoms with Crippen molar-refractivity contribution >= 4 is 53.0 Å². The van der Waals surface area contributed by atoms with Crippen LogP contribution < -0.4 is 10.6 Å². The van der Waals surface area contributed by atoms with Crippen LogP contribution in [0.1, 0.15) is 37.1 Å². The van der Waals surface area contributed by atoms with E-state index in [0.717, 1.165) is 43.9 Å². The second-order valence-corrected chi connectivity index (χ2v) is 9.08. The molecule has 0 saturated carbocycles. The van der Waals surface area contributed by atoms with Crippen LogP contribution in [0.25, 0.3) is 0 Å². The van der Waals surface area contributed by atoms with E-state index in [1.807, 2.05) is 11.3 Å². The van der Waals surface area contributed by atoms with Gasteiger partial charge in [0, 0.05) is 42.3 Å². The van der Waals surface area contributed by atoms with Gasteiger partial charge >= 0.3 is 0 Å². The maximum atomic E-state index is 4.84. The molecule has 0 bridgehead atoms.